The van der Waals surface area contributed by atoms with E-state index in [4.69, 9.17) is 44.6 Å². The molecule has 0 aromatic heterocycles. The van der Waals surface area contributed by atoms with Gasteiger partial charge in [0.05, 0.1) is 16.5 Å². The van der Waals surface area contributed by atoms with E-state index in [2.05, 4.69) is 12.2 Å². The lowest BCUT2D eigenvalue weighted by atomic mass is 10.1. The van der Waals surface area contributed by atoms with E-state index in [0.29, 0.717) is 16.3 Å². The normalized spacial score (nSPS) is 10.6. The summed E-state index contributed by atoms with van der Waals surface area (Å²) in [5.74, 6) is -0.632. The highest BCUT2D eigenvalue weighted by Crippen LogP contribution is 2.35. The predicted molar refractivity (Wildman–Crippen MR) is 102 cm³/mol. The van der Waals surface area contributed by atoms with Crippen LogP contribution in [0.15, 0.2) is 30.3 Å². The van der Waals surface area contributed by atoms with Crippen molar-refractivity contribution < 1.29 is 14.6 Å². The van der Waals surface area contributed by atoms with Crippen molar-refractivity contribution in [2.24, 2.45) is 0 Å². The number of rotatable bonds is 8. The van der Waals surface area contributed by atoms with Crippen LogP contribution in [0.25, 0.3) is 0 Å². The number of aliphatic carboxylic acids is 1. The van der Waals surface area contributed by atoms with Crippen LogP contribution in [-0.2, 0) is 17.8 Å². The molecule has 0 fully saturated rings. The van der Waals surface area contributed by atoms with Gasteiger partial charge in [-0.3, -0.25) is 4.79 Å². The summed E-state index contributed by atoms with van der Waals surface area (Å²) < 4.78 is 5.73. The largest absolute Gasteiger partial charge is 0.486 e. The summed E-state index contributed by atoms with van der Waals surface area (Å²) in [5, 5.41) is 13.3. The molecule has 0 saturated heterocycles. The first-order valence-corrected chi connectivity index (χ1v) is 8.88. The summed E-state index contributed by atoms with van der Waals surface area (Å²) in [7, 11) is 0. The van der Waals surface area contributed by atoms with Crippen LogP contribution < -0.4 is 10.1 Å². The summed E-state index contributed by atoms with van der Waals surface area (Å²) in [5.41, 5.74) is 2.30. The van der Waals surface area contributed by atoms with Crippen molar-refractivity contribution in [2.45, 2.75) is 26.4 Å². The molecular weight excluding hydrogens is 385 g/mol. The van der Waals surface area contributed by atoms with Gasteiger partial charge in [-0.15, -0.1) is 0 Å². The van der Waals surface area contributed by atoms with E-state index in [9.17, 15) is 4.79 Å². The van der Waals surface area contributed by atoms with Crippen molar-refractivity contribution in [2.75, 3.05) is 11.9 Å². The Labute approximate surface area is 161 Å². The molecule has 7 heteroatoms. The van der Waals surface area contributed by atoms with Gasteiger partial charge in [-0.05, 0) is 47.9 Å². The zero-order valence-electron chi connectivity index (χ0n) is 13.6. The number of carboxylic acids is 1. The summed E-state index contributed by atoms with van der Waals surface area (Å²) in [6.45, 7) is 3.17. The molecule has 0 aliphatic carbocycles. The smallest absolute Gasteiger partial charge is 0.307 e. The lowest BCUT2D eigenvalue weighted by molar-refractivity contribution is -0.136. The summed E-state index contributed by atoms with van der Waals surface area (Å²) in [6.07, 6.45) is 0.854. The van der Waals surface area contributed by atoms with E-state index in [1.165, 1.54) is 0 Å². The second-order valence-corrected chi connectivity index (χ2v) is 6.77. The Kier molecular flexibility index (Phi) is 7.24. The van der Waals surface area contributed by atoms with Gasteiger partial charge in [0.1, 0.15) is 6.61 Å². The Morgan fingerprint density at radius 2 is 1.76 bits per heavy atom. The molecule has 0 unspecified atom stereocenters. The molecule has 0 atom stereocenters. The Bertz CT molecular complexity index is 742. The third-order valence-corrected chi connectivity index (χ3v) is 4.11. The van der Waals surface area contributed by atoms with Gasteiger partial charge < -0.3 is 15.2 Å². The number of anilines is 1. The molecule has 0 aliphatic heterocycles. The van der Waals surface area contributed by atoms with Crippen molar-refractivity contribution in [1.82, 2.24) is 0 Å². The Morgan fingerprint density at radius 3 is 2.36 bits per heavy atom. The summed E-state index contributed by atoms with van der Waals surface area (Å²) in [6, 6.07) is 8.69. The predicted octanol–water partition coefficient (Wildman–Crippen LogP) is 5.67. The van der Waals surface area contributed by atoms with E-state index in [0.717, 1.165) is 24.2 Å². The second kappa shape index (κ2) is 9.18. The molecular formula is C18H18Cl3NO3. The fourth-order valence-electron chi connectivity index (χ4n) is 2.29. The molecule has 25 heavy (non-hydrogen) atoms. The Hall–Kier alpha value is -1.62. The van der Waals surface area contributed by atoms with Crippen molar-refractivity contribution in [1.29, 1.82) is 0 Å². The third-order valence-electron chi connectivity index (χ3n) is 3.33. The van der Waals surface area contributed by atoms with Crippen LogP contribution in [0.4, 0.5) is 5.69 Å². The van der Waals surface area contributed by atoms with Crippen molar-refractivity contribution >= 4 is 46.5 Å². The van der Waals surface area contributed by atoms with Gasteiger partial charge in [0, 0.05) is 17.3 Å². The standard InChI is InChI=1S/C18H18Cl3NO3/c1-2-3-22-14-5-12(4-13(19)9-14)10-25-18-15(20)6-11(7-16(18)21)8-17(23)24/h4-7,9,22H,2-3,8,10H2,1H3,(H,23,24). The van der Waals surface area contributed by atoms with E-state index in [1.807, 2.05) is 12.1 Å². The quantitative estimate of drug-likeness (QED) is 0.597. The van der Waals surface area contributed by atoms with Crippen LogP contribution >= 0.6 is 34.8 Å². The molecule has 2 aromatic carbocycles. The minimum Gasteiger partial charge on any atom is -0.486 e. The maximum atomic E-state index is 10.8. The number of nitrogens with one attached hydrogen (secondary N) is 1. The lowest BCUT2D eigenvalue weighted by Gasteiger charge is -2.13. The highest BCUT2D eigenvalue weighted by molar-refractivity contribution is 6.37. The van der Waals surface area contributed by atoms with Gasteiger partial charge in [-0.25, -0.2) is 0 Å². The van der Waals surface area contributed by atoms with Crippen LogP contribution in [0, 0.1) is 0 Å². The number of benzene rings is 2. The molecule has 134 valence electrons. The van der Waals surface area contributed by atoms with Crippen LogP contribution in [0.2, 0.25) is 15.1 Å². The van der Waals surface area contributed by atoms with E-state index in [-0.39, 0.29) is 23.1 Å². The molecule has 0 amide bonds. The van der Waals surface area contributed by atoms with Gasteiger partial charge >= 0.3 is 5.97 Å². The molecule has 2 aromatic rings. The maximum absolute atomic E-state index is 10.8. The van der Waals surface area contributed by atoms with Crippen molar-refractivity contribution in [3.63, 3.8) is 0 Å². The second-order valence-electron chi connectivity index (χ2n) is 5.52. The van der Waals surface area contributed by atoms with Gasteiger partial charge in [0.25, 0.3) is 0 Å². The van der Waals surface area contributed by atoms with Crippen molar-refractivity contribution in [3.05, 3.63) is 56.5 Å². The van der Waals surface area contributed by atoms with Gasteiger partial charge in [-0.1, -0.05) is 41.7 Å². The average molecular weight is 403 g/mol. The van der Waals surface area contributed by atoms with E-state index >= 15 is 0 Å². The highest BCUT2D eigenvalue weighted by atomic mass is 35.5. The van der Waals surface area contributed by atoms with Crippen LogP contribution in [0.1, 0.15) is 24.5 Å². The third kappa shape index (κ3) is 5.99. The van der Waals surface area contributed by atoms with Crippen LogP contribution in [0.5, 0.6) is 5.75 Å². The molecule has 0 saturated carbocycles. The van der Waals surface area contributed by atoms with Gasteiger partial charge in [0.15, 0.2) is 5.75 Å². The summed E-state index contributed by atoms with van der Waals surface area (Å²) >= 11 is 18.5. The minimum atomic E-state index is -0.952. The molecule has 0 bridgehead atoms. The first-order valence-electron chi connectivity index (χ1n) is 7.75. The lowest BCUT2D eigenvalue weighted by Crippen LogP contribution is -2.03. The molecule has 2 rings (SSSR count). The highest BCUT2D eigenvalue weighted by Gasteiger charge is 2.12. The molecule has 2 N–H and O–H groups in total. The summed E-state index contributed by atoms with van der Waals surface area (Å²) in [4.78, 5) is 10.8. The zero-order valence-corrected chi connectivity index (χ0v) is 15.9. The molecule has 0 aliphatic rings. The Balaban J connectivity index is 2.13. The average Bonchev–Trinajstić information content (AvgIpc) is 2.51. The van der Waals surface area contributed by atoms with Crippen LogP contribution in [-0.4, -0.2) is 17.6 Å². The van der Waals surface area contributed by atoms with E-state index in [1.54, 1.807) is 18.2 Å². The topological polar surface area (TPSA) is 58.6 Å². The fourth-order valence-corrected chi connectivity index (χ4v) is 3.19. The molecule has 0 radical (unpaired) electrons. The van der Waals surface area contributed by atoms with Crippen LogP contribution in [0.3, 0.4) is 0 Å². The number of halogens is 3. The molecule has 0 spiro atoms. The SMILES string of the molecule is CCCNc1cc(Cl)cc(COc2c(Cl)cc(CC(=O)O)cc2Cl)c1. The van der Waals surface area contributed by atoms with Gasteiger partial charge in [-0.2, -0.15) is 0 Å². The number of ether oxygens (including phenoxy) is 1. The molecule has 0 heterocycles. The fraction of sp³-hybridized carbons (Fsp3) is 0.278. The van der Waals surface area contributed by atoms with Crippen molar-refractivity contribution in [3.8, 4) is 5.75 Å². The molecule has 4 nitrogen and oxygen atoms in total. The first-order chi connectivity index (χ1) is 11.9. The monoisotopic (exact) mass is 401 g/mol. The number of carbonyl (C=O) groups is 1. The number of hydrogen-bond acceptors (Lipinski definition) is 3. The minimum absolute atomic E-state index is 0.152. The number of carboxylic acid groups (broad SMARTS) is 1. The van der Waals surface area contributed by atoms with E-state index < -0.39 is 5.97 Å². The zero-order chi connectivity index (χ0) is 18.4. The maximum Gasteiger partial charge on any atom is 0.307 e. The first kappa shape index (κ1) is 19.7. The number of hydrogen-bond donors (Lipinski definition) is 2. The van der Waals surface area contributed by atoms with Gasteiger partial charge in [0.2, 0.25) is 0 Å². The Morgan fingerprint density at radius 1 is 1.08 bits per heavy atom.